The van der Waals surface area contributed by atoms with Crippen molar-refractivity contribution < 1.29 is 8.78 Å². The highest BCUT2D eigenvalue weighted by molar-refractivity contribution is 9.10. The van der Waals surface area contributed by atoms with Gasteiger partial charge in [0.2, 0.25) is 0 Å². The number of benzene rings is 1. The van der Waals surface area contributed by atoms with E-state index in [0.717, 1.165) is 12.0 Å². The first-order chi connectivity index (χ1) is 7.56. The lowest BCUT2D eigenvalue weighted by Gasteiger charge is -2.07. The summed E-state index contributed by atoms with van der Waals surface area (Å²) in [7, 11) is 0. The molecule has 0 saturated carbocycles. The number of rotatable bonds is 4. The Hall–Kier alpha value is -0.740. The van der Waals surface area contributed by atoms with Gasteiger partial charge in [-0.05, 0) is 54.4 Å². The van der Waals surface area contributed by atoms with Gasteiger partial charge in [0.1, 0.15) is 11.6 Å². The van der Waals surface area contributed by atoms with E-state index < -0.39 is 11.6 Å². The van der Waals surface area contributed by atoms with Crippen LogP contribution >= 0.6 is 15.9 Å². The summed E-state index contributed by atoms with van der Waals surface area (Å²) in [5.74, 6) is -1.04. The summed E-state index contributed by atoms with van der Waals surface area (Å²) in [4.78, 5) is 0. The summed E-state index contributed by atoms with van der Waals surface area (Å²) in [6, 6.07) is 2.63. The SMILES string of the molecule is C/C(=C/CCN)Cc1c(F)ccc(Br)c1F. The van der Waals surface area contributed by atoms with Crippen LogP contribution in [0.25, 0.3) is 0 Å². The van der Waals surface area contributed by atoms with Crippen LogP contribution in [0.3, 0.4) is 0 Å². The number of nitrogens with two attached hydrogens (primary N) is 1. The van der Waals surface area contributed by atoms with Crippen molar-refractivity contribution in [2.24, 2.45) is 5.73 Å². The van der Waals surface area contributed by atoms with E-state index in [4.69, 9.17) is 5.73 Å². The summed E-state index contributed by atoms with van der Waals surface area (Å²) in [6.07, 6.45) is 2.90. The molecule has 0 aliphatic carbocycles. The first kappa shape index (κ1) is 13.3. The minimum absolute atomic E-state index is 0.0974. The number of hydrogen-bond donors (Lipinski definition) is 1. The van der Waals surface area contributed by atoms with Gasteiger partial charge in [-0.3, -0.25) is 0 Å². The number of hydrogen-bond acceptors (Lipinski definition) is 1. The fourth-order valence-corrected chi connectivity index (χ4v) is 1.78. The Kier molecular flexibility index (Phi) is 5.09. The van der Waals surface area contributed by atoms with Crippen molar-refractivity contribution in [1.29, 1.82) is 0 Å². The molecule has 16 heavy (non-hydrogen) atoms. The zero-order valence-corrected chi connectivity index (χ0v) is 10.7. The zero-order valence-electron chi connectivity index (χ0n) is 9.06. The molecule has 0 saturated heterocycles. The van der Waals surface area contributed by atoms with Gasteiger partial charge in [-0.25, -0.2) is 8.78 Å². The molecular formula is C12H14BrF2N. The van der Waals surface area contributed by atoms with Crippen LogP contribution in [-0.4, -0.2) is 6.54 Å². The van der Waals surface area contributed by atoms with Crippen LogP contribution in [0.1, 0.15) is 18.9 Å². The third-order valence-electron chi connectivity index (χ3n) is 2.25. The molecule has 4 heteroatoms. The van der Waals surface area contributed by atoms with Gasteiger partial charge >= 0.3 is 0 Å². The van der Waals surface area contributed by atoms with E-state index in [2.05, 4.69) is 15.9 Å². The number of halogens is 3. The summed E-state index contributed by atoms with van der Waals surface area (Å²) >= 11 is 3.04. The van der Waals surface area contributed by atoms with Crippen LogP contribution in [0.15, 0.2) is 28.3 Å². The second-order valence-corrected chi connectivity index (χ2v) is 4.48. The van der Waals surface area contributed by atoms with Crippen LogP contribution in [0, 0.1) is 11.6 Å². The van der Waals surface area contributed by atoms with Gasteiger partial charge in [0.05, 0.1) is 4.47 Å². The average molecular weight is 290 g/mol. The summed E-state index contributed by atoms with van der Waals surface area (Å²) in [6.45, 7) is 2.39. The molecule has 0 radical (unpaired) electrons. The molecular weight excluding hydrogens is 276 g/mol. The second-order valence-electron chi connectivity index (χ2n) is 3.63. The van der Waals surface area contributed by atoms with Gasteiger partial charge in [-0.15, -0.1) is 0 Å². The molecule has 0 heterocycles. The molecule has 0 amide bonds. The standard InChI is InChI=1S/C12H14BrF2N/c1-8(3-2-6-16)7-9-11(14)5-4-10(13)12(9)15/h3-5H,2,6-7,16H2,1H3/b8-3-. The largest absolute Gasteiger partial charge is 0.330 e. The molecule has 0 aromatic heterocycles. The molecule has 88 valence electrons. The average Bonchev–Trinajstić information content (AvgIpc) is 2.27. The van der Waals surface area contributed by atoms with Gasteiger partial charge in [0.15, 0.2) is 0 Å². The Morgan fingerprint density at radius 1 is 1.44 bits per heavy atom. The van der Waals surface area contributed by atoms with E-state index >= 15 is 0 Å². The molecule has 1 aromatic carbocycles. The lowest BCUT2D eigenvalue weighted by atomic mass is 10.0. The van der Waals surface area contributed by atoms with Crippen molar-refractivity contribution in [2.75, 3.05) is 6.54 Å². The van der Waals surface area contributed by atoms with Crippen molar-refractivity contribution in [1.82, 2.24) is 0 Å². The normalized spacial score (nSPS) is 11.9. The smallest absolute Gasteiger partial charge is 0.143 e. The minimum atomic E-state index is -0.527. The highest BCUT2D eigenvalue weighted by atomic mass is 79.9. The Morgan fingerprint density at radius 3 is 2.75 bits per heavy atom. The highest BCUT2D eigenvalue weighted by Gasteiger charge is 2.12. The molecule has 0 aliphatic rings. The molecule has 0 spiro atoms. The predicted molar refractivity (Wildman–Crippen MR) is 65.2 cm³/mol. The van der Waals surface area contributed by atoms with E-state index in [1.807, 2.05) is 13.0 Å². The lowest BCUT2D eigenvalue weighted by molar-refractivity contribution is 0.556. The van der Waals surface area contributed by atoms with Crippen LogP contribution in [0.5, 0.6) is 0 Å². The van der Waals surface area contributed by atoms with Crippen molar-refractivity contribution in [2.45, 2.75) is 19.8 Å². The Bertz CT molecular complexity index is 402. The quantitative estimate of drug-likeness (QED) is 0.666. The molecule has 1 nitrogen and oxygen atoms in total. The first-order valence-electron chi connectivity index (χ1n) is 5.04. The molecule has 0 fully saturated rings. The summed E-state index contributed by atoms with van der Waals surface area (Å²) < 4.78 is 27.3. The Balaban J connectivity index is 2.92. The Morgan fingerprint density at radius 2 is 2.12 bits per heavy atom. The third kappa shape index (κ3) is 3.39. The van der Waals surface area contributed by atoms with Gasteiger partial charge < -0.3 is 5.73 Å². The van der Waals surface area contributed by atoms with E-state index in [1.165, 1.54) is 12.1 Å². The molecule has 0 bridgehead atoms. The maximum absolute atomic E-state index is 13.6. The molecule has 1 rings (SSSR count). The van der Waals surface area contributed by atoms with E-state index in [0.29, 0.717) is 6.54 Å². The Labute approximate surface area is 102 Å². The van der Waals surface area contributed by atoms with E-state index in [1.54, 1.807) is 0 Å². The van der Waals surface area contributed by atoms with Crippen LogP contribution in [-0.2, 0) is 6.42 Å². The third-order valence-corrected chi connectivity index (χ3v) is 2.87. The first-order valence-corrected chi connectivity index (χ1v) is 5.83. The van der Waals surface area contributed by atoms with Crippen molar-refractivity contribution in [3.8, 4) is 0 Å². The van der Waals surface area contributed by atoms with Gasteiger partial charge in [-0.2, -0.15) is 0 Å². The monoisotopic (exact) mass is 289 g/mol. The van der Waals surface area contributed by atoms with Crippen LogP contribution in [0.4, 0.5) is 8.78 Å². The minimum Gasteiger partial charge on any atom is -0.330 e. The molecule has 0 unspecified atom stereocenters. The maximum atomic E-state index is 13.6. The summed E-state index contributed by atoms with van der Waals surface area (Å²) in [5, 5.41) is 0. The topological polar surface area (TPSA) is 26.0 Å². The van der Waals surface area contributed by atoms with Crippen molar-refractivity contribution in [3.05, 3.63) is 45.5 Å². The predicted octanol–water partition coefficient (Wildman–Crippen LogP) is 3.56. The van der Waals surface area contributed by atoms with Crippen LogP contribution < -0.4 is 5.73 Å². The zero-order chi connectivity index (χ0) is 12.1. The van der Waals surface area contributed by atoms with Crippen LogP contribution in [0.2, 0.25) is 0 Å². The maximum Gasteiger partial charge on any atom is 0.143 e. The second kappa shape index (κ2) is 6.11. The lowest BCUT2D eigenvalue weighted by Crippen LogP contribution is -2.00. The highest BCUT2D eigenvalue weighted by Crippen LogP contribution is 2.23. The molecule has 1 aromatic rings. The molecule has 0 atom stereocenters. The molecule has 0 aliphatic heterocycles. The summed E-state index contributed by atoms with van der Waals surface area (Å²) in [5.41, 5.74) is 6.37. The van der Waals surface area contributed by atoms with Crippen molar-refractivity contribution in [3.63, 3.8) is 0 Å². The molecule has 2 N–H and O–H groups in total. The van der Waals surface area contributed by atoms with E-state index in [9.17, 15) is 8.78 Å². The van der Waals surface area contributed by atoms with Gasteiger partial charge in [0.25, 0.3) is 0 Å². The van der Waals surface area contributed by atoms with E-state index in [-0.39, 0.29) is 16.5 Å². The fraction of sp³-hybridized carbons (Fsp3) is 0.333. The van der Waals surface area contributed by atoms with Gasteiger partial charge in [0, 0.05) is 5.56 Å². The van der Waals surface area contributed by atoms with Gasteiger partial charge in [-0.1, -0.05) is 11.6 Å². The van der Waals surface area contributed by atoms with Crippen molar-refractivity contribution >= 4 is 15.9 Å². The number of allylic oxidation sites excluding steroid dienone is 1. The fourth-order valence-electron chi connectivity index (χ4n) is 1.41.